The molecule has 0 atom stereocenters. The highest BCUT2D eigenvalue weighted by molar-refractivity contribution is 5.81. The summed E-state index contributed by atoms with van der Waals surface area (Å²) in [7, 11) is 0. The van der Waals surface area contributed by atoms with Crippen molar-refractivity contribution in [2.75, 3.05) is 18.0 Å². The molecular weight excluding hydrogens is 208 g/mol. The van der Waals surface area contributed by atoms with Crippen LogP contribution in [0, 0.1) is 6.92 Å². The maximum absolute atomic E-state index is 4.82. The van der Waals surface area contributed by atoms with E-state index in [2.05, 4.69) is 42.2 Å². The van der Waals surface area contributed by atoms with E-state index in [1.54, 1.807) is 0 Å². The van der Waals surface area contributed by atoms with E-state index in [4.69, 9.17) is 4.98 Å². The minimum Gasteiger partial charge on any atom is -0.356 e. The largest absolute Gasteiger partial charge is 0.356 e. The van der Waals surface area contributed by atoms with E-state index < -0.39 is 0 Å². The minimum absolute atomic E-state index is 1.11. The summed E-state index contributed by atoms with van der Waals surface area (Å²) in [6.45, 7) is 4.49. The van der Waals surface area contributed by atoms with Crippen LogP contribution in [0.2, 0.25) is 0 Å². The van der Waals surface area contributed by atoms with E-state index >= 15 is 0 Å². The lowest BCUT2D eigenvalue weighted by molar-refractivity contribution is 0.573. The highest BCUT2D eigenvalue weighted by atomic mass is 15.2. The first-order valence-corrected chi connectivity index (χ1v) is 6.46. The lowest BCUT2D eigenvalue weighted by atomic mass is 10.1. The fraction of sp³-hybridized carbons (Fsp3) is 0.400. The smallest absolute Gasteiger partial charge is 0.132 e. The van der Waals surface area contributed by atoms with E-state index in [9.17, 15) is 0 Å². The second kappa shape index (κ2) is 4.36. The molecular formula is C15H18N2. The second-order valence-electron chi connectivity index (χ2n) is 4.87. The van der Waals surface area contributed by atoms with Crippen LogP contribution in [-0.2, 0) is 0 Å². The van der Waals surface area contributed by atoms with Gasteiger partial charge in [-0.3, -0.25) is 0 Å². The number of anilines is 1. The van der Waals surface area contributed by atoms with Crippen LogP contribution in [0.5, 0.6) is 0 Å². The molecule has 1 aromatic carbocycles. The zero-order valence-electron chi connectivity index (χ0n) is 10.3. The maximum Gasteiger partial charge on any atom is 0.132 e. The van der Waals surface area contributed by atoms with Crippen molar-refractivity contribution in [1.29, 1.82) is 0 Å². The van der Waals surface area contributed by atoms with Crippen LogP contribution in [-0.4, -0.2) is 18.1 Å². The van der Waals surface area contributed by atoms with Gasteiger partial charge in [0.25, 0.3) is 0 Å². The van der Waals surface area contributed by atoms with E-state index in [-0.39, 0.29) is 0 Å². The third-order valence-corrected chi connectivity index (χ3v) is 3.54. The molecule has 0 aliphatic carbocycles. The molecule has 0 saturated carbocycles. The molecule has 3 rings (SSSR count). The van der Waals surface area contributed by atoms with Gasteiger partial charge in [0.2, 0.25) is 0 Å². The number of hydrogen-bond acceptors (Lipinski definition) is 2. The van der Waals surface area contributed by atoms with Gasteiger partial charge < -0.3 is 4.90 Å². The Kier molecular flexibility index (Phi) is 2.71. The Morgan fingerprint density at radius 3 is 2.65 bits per heavy atom. The Balaban J connectivity index is 2.06. The molecule has 1 aliphatic heterocycles. The highest BCUT2D eigenvalue weighted by Gasteiger charge is 2.14. The molecule has 0 N–H and O–H groups in total. The van der Waals surface area contributed by atoms with Gasteiger partial charge in [-0.25, -0.2) is 4.98 Å². The number of fused-ring (bicyclic) bond motifs is 1. The third kappa shape index (κ3) is 1.99. The number of piperidine rings is 1. The first kappa shape index (κ1) is 10.6. The number of nitrogens with zero attached hydrogens (tertiary/aromatic N) is 2. The van der Waals surface area contributed by atoms with Crippen LogP contribution in [0.3, 0.4) is 0 Å². The third-order valence-electron chi connectivity index (χ3n) is 3.54. The van der Waals surface area contributed by atoms with Crippen molar-refractivity contribution in [3.05, 3.63) is 35.9 Å². The number of benzene rings is 1. The summed E-state index contributed by atoms with van der Waals surface area (Å²) < 4.78 is 0. The molecule has 17 heavy (non-hydrogen) atoms. The monoisotopic (exact) mass is 226 g/mol. The van der Waals surface area contributed by atoms with E-state index in [1.807, 2.05) is 0 Å². The molecule has 1 aliphatic rings. The quantitative estimate of drug-likeness (QED) is 0.739. The predicted molar refractivity (Wildman–Crippen MR) is 72.5 cm³/mol. The van der Waals surface area contributed by atoms with Crippen molar-refractivity contribution in [1.82, 2.24) is 4.98 Å². The molecule has 0 unspecified atom stereocenters. The van der Waals surface area contributed by atoms with Crippen molar-refractivity contribution in [3.8, 4) is 0 Å². The number of pyridine rings is 1. The molecule has 1 fully saturated rings. The fourth-order valence-corrected chi connectivity index (χ4v) is 2.64. The topological polar surface area (TPSA) is 16.1 Å². The van der Waals surface area contributed by atoms with Gasteiger partial charge in [-0.1, -0.05) is 18.2 Å². The van der Waals surface area contributed by atoms with Crippen LogP contribution in [0.4, 0.5) is 5.82 Å². The predicted octanol–water partition coefficient (Wildman–Crippen LogP) is 3.53. The van der Waals surface area contributed by atoms with Gasteiger partial charge in [0.15, 0.2) is 0 Å². The van der Waals surface area contributed by atoms with E-state index in [0.29, 0.717) is 0 Å². The molecule has 0 bridgehead atoms. The van der Waals surface area contributed by atoms with Crippen LogP contribution < -0.4 is 4.90 Å². The Labute approximate surface area is 102 Å². The average molecular weight is 226 g/mol. The van der Waals surface area contributed by atoms with Gasteiger partial charge in [-0.05, 0) is 43.9 Å². The number of aromatic nitrogens is 1. The highest BCUT2D eigenvalue weighted by Crippen LogP contribution is 2.25. The SMILES string of the molecule is Cc1cc2ccccc2nc1N1CCCCC1. The second-order valence-corrected chi connectivity index (χ2v) is 4.87. The zero-order chi connectivity index (χ0) is 11.7. The van der Waals surface area contributed by atoms with Gasteiger partial charge in [-0.2, -0.15) is 0 Å². The summed E-state index contributed by atoms with van der Waals surface area (Å²) in [5, 5.41) is 1.24. The van der Waals surface area contributed by atoms with Gasteiger partial charge >= 0.3 is 0 Å². The molecule has 2 aromatic rings. The molecule has 0 amide bonds. The Morgan fingerprint density at radius 2 is 1.82 bits per heavy atom. The van der Waals surface area contributed by atoms with Crippen LogP contribution in [0.1, 0.15) is 24.8 Å². The summed E-state index contributed by atoms with van der Waals surface area (Å²) in [4.78, 5) is 7.26. The zero-order valence-corrected chi connectivity index (χ0v) is 10.3. The lowest BCUT2D eigenvalue weighted by Gasteiger charge is -2.29. The van der Waals surface area contributed by atoms with Crippen LogP contribution in [0.25, 0.3) is 10.9 Å². The summed E-state index contributed by atoms with van der Waals surface area (Å²) in [6.07, 6.45) is 3.96. The maximum atomic E-state index is 4.82. The fourth-order valence-electron chi connectivity index (χ4n) is 2.64. The first-order valence-electron chi connectivity index (χ1n) is 6.46. The van der Waals surface area contributed by atoms with Crippen molar-refractivity contribution in [2.24, 2.45) is 0 Å². The van der Waals surface area contributed by atoms with Crippen molar-refractivity contribution in [3.63, 3.8) is 0 Å². The van der Waals surface area contributed by atoms with Gasteiger partial charge in [0.1, 0.15) is 5.82 Å². The molecule has 0 radical (unpaired) electrons. The average Bonchev–Trinajstić information content (AvgIpc) is 2.39. The number of aryl methyl sites for hydroxylation is 1. The molecule has 1 saturated heterocycles. The molecule has 2 heteroatoms. The van der Waals surface area contributed by atoms with Crippen LogP contribution >= 0.6 is 0 Å². The molecule has 1 aromatic heterocycles. The lowest BCUT2D eigenvalue weighted by Crippen LogP contribution is -2.30. The minimum atomic E-state index is 1.11. The Morgan fingerprint density at radius 1 is 1.06 bits per heavy atom. The summed E-state index contributed by atoms with van der Waals surface area (Å²) in [5.74, 6) is 1.18. The normalized spacial score (nSPS) is 16.4. The summed E-state index contributed by atoms with van der Waals surface area (Å²) in [5.41, 5.74) is 2.41. The first-order chi connectivity index (χ1) is 8.34. The van der Waals surface area contributed by atoms with Gasteiger partial charge in [0.05, 0.1) is 5.52 Å². The van der Waals surface area contributed by atoms with Crippen molar-refractivity contribution in [2.45, 2.75) is 26.2 Å². The Hall–Kier alpha value is -1.57. The van der Waals surface area contributed by atoms with Gasteiger partial charge in [-0.15, -0.1) is 0 Å². The summed E-state index contributed by atoms with van der Waals surface area (Å²) in [6, 6.07) is 10.6. The van der Waals surface area contributed by atoms with E-state index in [0.717, 1.165) is 18.6 Å². The van der Waals surface area contributed by atoms with Gasteiger partial charge in [0, 0.05) is 18.5 Å². The molecule has 0 spiro atoms. The van der Waals surface area contributed by atoms with Crippen LogP contribution in [0.15, 0.2) is 30.3 Å². The van der Waals surface area contributed by atoms with Crippen molar-refractivity contribution >= 4 is 16.7 Å². The standard InChI is InChI=1S/C15H18N2/c1-12-11-13-7-3-4-8-14(13)16-15(12)17-9-5-2-6-10-17/h3-4,7-8,11H,2,5-6,9-10H2,1H3. The number of hydrogen-bond donors (Lipinski definition) is 0. The molecule has 88 valence electrons. The molecule has 2 nitrogen and oxygen atoms in total. The number of para-hydroxylation sites is 1. The number of rotatable bonds is 1. The van der Waals surface area contributed by atoms with Crippen molar-refractivity contribution < 1.29 is 0 Å². The summed E-state index contributed by atoms with van der Waals surface area (Å²) >= 11 is 0. The van der Waals surface area contributed by atoms with E-state index in [1.165, 1.54) is 36.0 Å². The molecule has 2 heterocycles. The Bertz CT molecular complexity index is 527.